The number of esters is 1. The molecule has 6 nitrogen and oxygen atoms in total. The quantitative estimate of drug-likeness (QED) is 0.366. The smallest absolute Gasteiger partial charge is 0.338 e. The van der Waals surface area contributed by atoms with Gasteiger partial charge in [-0.2, -0.15) is 0 Å². The van der Waals surface area contributed by atoms with Gasteiger partial charge >= 0.3 is 5.97 Å². The van der Waals surface area contributed by atoms with Crippen LogP contribution in [0.1, 0.15) is 26.3 Å². The molecule has 0 saturated heterocycles. The fraction of sp³-hybridized carbons (Fsp3) is 0.125. The highest BCUT2D eigenvalue weighted by Gasteiger charge is 2.15. The third-order valence-electron chi connectivity index (χ3n) is 3.14. The molecule has 0 fully saturated rings. The van der Waals surface area contributed by atoms with Crippen LogP contribution in [0, 0.1) is 22.9 Å². The molecule has 0 radical (unpaired) electrons. The maximum Gasteiger partial charge on any atom is 0.338 e. The fourth-order valence-corrected chi connectivity index (χ4v) is 1.92. The average molecular weight is 317 g/mol. The first-order valence-electron chi connectivity index (χ1n) is 6.59. The fourth-order valence-electron chi connectivity index (χ4n) is 1.92. The van der Waals surface area contributed by atoms with Gasteiger partial charge in [-0.1, -0.05) is 0 Å². The number of carbonyl (C=O) groups is 2. The maximum absolute atomic E-state index is 13.0. The van der Waals surface area contributed by atoms with Gasteiger partial charge in [-0.15, -0.1) is 0 Å². The lowest BCUT2D eigenvalue weighted by atomic mass is 10.1. The first kappa shape index (κ1) is 16.3. The number of hydrogen-bond acceptors (Lipinski definition) is 5. The van der Waals surface area contributed by atoms with E-state index in [9.17, 15) is 24.1 Å². The Bertz CT molecular complexity index is 771. The van der Waals surface area contributed by atoms with Crippen molar-refractivity contribution in [3.63, 3.8) is 0 Å². The molecule has 118 valence electrons. The molecule has 0 spiro atoms. The lowest BCUT2D eigenvalue weighted by molar-refractivity contribution is -0.384. The van der Waals surface area contributed by atoms with E-state index >= 15 is 0 Å². The van der Waals surface area contributed by atoms with Gasteiger partial charge in [-0.05, 0) is 42.8 Å². The number of ether oxygens (including phenoxy) is 1. The van der Waals surface area contributed by atoms with Crippen LogP contribution in [-0.4, -0.2) is 23.3 Å². The number of Topliss-reactive ketones (excluding diaryl/α,β-unsaturated/α-hetero) is 1. The van der Waals surface area contributed by atoms with Crippen LogP contribution in [0.5, 0.6) is 0 Å². The molecule has 0 saturated carbocycles. The minimum absolute atomic E-state index is 0.138. The van der Waals surface area contributed by atoms with Gasteiger partial charge in [0.15, 0.2) is 12.4 Å². The molecule has 2 rings (SSSR count). The van der Waals surface area contributed by atoms with Gasteiger partial charge in [0.05, 0.1) is 10.5 Å². The first-order valence-corrected chi connectivity index (χ1v) is 6.59. The molecule has 0 aliphatic carbocycles. The van der Waals surface area contributed by atoms with Gasteiger partial charge in [0, 0.05) is 17.7 Å². The van der Waals surface area contributed by atoms with Crippen molar-refractivity contribution in [2.45, 2.75) is 6.92 Å². The third kappa shape index (κ3) is 3.97. The molecule has 0 amide bonds. The normalized spacial score (nSPS) is 10.2. The van der Waals surface area contributed by atoms with Gasteiger partial charge in [0.25, 0.3) is 5.69 Å². The van der Waals surface area contributed by atoms with E-state index in [0.29, 0.717) is 5.56 Å². The zero-order valence-corrected chi connectivity index (χ0v) is 12.1. The molecular weight excluding hydrogens is 305 g/mol. The molecule has 0 bridgehead atoms. The number of nitrogens with zero attached hydrogens (tertiary/aromatic N) is 1. The van der Waals surface area contributed by atoms with E-state index in [2.05, 4.69) is 0 Å². The van der Waals surface area contributed by atoms with Crippen LogP contribution in [0.25, 0.3) is 0 Å². The molecule has 2 aromatic carbocycles. The maximum atomic E-state index is 13.0. The first-order chi connectivity index (χ1) is 10.9. The summed E-state index contributed by atoms with van der Waals surface area (Å²) in [4.78, 5) is 33.7. The highest BCUT2D eigenvalue weighted by molar-refractivity contribution is 5.99. The largest absolute Gasteiger partial charge is 0.454 e. The predicted octanol–water partition coefficient (Wildman–Crippen LogP) is 3.08. The van der Waals surface area contributed by atoms with Crippen molar-refractivity contribution in [2.75, 3.05) is 6.61 Å². The summed E-state index contributed by atoms with van der Waals surface area (Å²) in [6.07, 6.45) is 0. The standard InChI is InChI=1S/C16H12FNO5/c1-10-8-12(17)4-7-14(10)16(20)23-9-15(19)11-2-5-13(6-3-11)18(21)22/h2-8H,9H2,1H3. The van der Waals surface area contributed by atoms with E-state index in [0.717, 1.165) is 6.07 Å². The molecule has 0 heterocycles. The van der Waals surface area contributed by atoms with Crippen molar-refractivity contribution >= 4 is 17.4 Å². The van der Waals surface area contributed by atoms with Crippen molar-refractivity contribution in [1.82, 2.24) is 0 Å². The number of halogens is 1. The van der Waals surface area contributed by atoms with Gasteiger partial charge in [-0.25, -0.2) is 9.18 Å². The minimum Gasteiger partial charge on any atom is -0.454 e. The second-order valence-corrected chi connectivity index (χ2v) is 4.76. The molecule has 2 aromatic rings. The second kappa shape index (κ2) is 6.78. The Morgan fingerprint density at radius 1 is 1.17 bits per heavy atom. The number of rotatable bonds is 5. The number of benzene rings is 2. The van der Waals surface area contributed by atoms with Crippen molar-refractivity contribution in [1.29, 1.82) is 0 Å². The topological polar surface area (TPSA) is 86.5 Å². The van der Waals surface area contributed by atoms with Gasteiger partial charge < -0.3 is 4.74 Å². The number of non-ortho nitro benzene ring substituents is 1. The summed E-state index contributed by atoms with van der Waals surface area (Å²) in [5.74, 6) is -1.70. The van der Waals surface area contributed by atoms with Gasteiger partial charge in [0.2, 0.25) is 0 Å². The molecule has 0 aliphatic heterocycles. The Hall–Kier alpha value is -3.09. The molecule has 0 aliphatic rings. The number of nitro groups is 1. The van der Waals surface area contributed by atoms with Gasteiger partial charge in [-0.3, -0.25) is 14.9 Å². The van der Waals surface area contributed by atoms with Crippen LogP contribution in [0.2, 0.25) is 0 Å². The van der Waals surface area contributed by atoms with Gasteiger partial charge in [0.1, 0.15) is 5.82 Å². The molecular formula is C16H12FNO5. The third-order valence-corrected chi connectivity index (χ3v) is 3.14. The lowest BCUT2D eigenvalue weighted by Crippen LogP contribution is -2.15. The van der Waals surface area contributed by atoms with E-state index < -0.39 is 29.1 Å². The Morgan fingerprint density at radius 2 is 1.83 bits per heavy atom. The Kier molecular flexibility index (Phi) is 4.80. The van der Waals surface area contributed by atoms with Crippen LogP contribution in [0.3, 0.4) is 0 Å². The number of carbonyl (C=O) groups excluding carboxylic acids is 2. The Labute approximate surface area is 130 Å². The zero-order chi connectivity index (χ0) is 17.0. The SMILES string of the molecule is Cc1cc(F)ccc1C(=O)OCC(=O)c1ccc([N+](=O)[O-])cc1. The summed E-state index contributed by atoms with van der Waals surface area (Å²) >= 11 is 0. The highest BCUT2D eigenvalue weighted by atomic mass is 19.1. The number of aryl methyl sites for hydroxylation is 1. The van der Waals surface area contributed by atoms with Crippen molar-refractivity contribution < 1.29 is 23.6 Å². The number of ketones is 1. The Morgan fingerprint density at radius 3 is 2.39 bits per heavy atom. The highest BCUT2D eigenvalue weighted by Crippen LogP contribution is 2.14. The monoisotopic (exact) mass is 317 g/mol. The lowest BCUT2D eigenvalue weighted by Gasteiger charge is -2.07. The van der Waals surface area contributed by atoms with Crippen LogP contribution in [-0.2, 0) is 4.74 Å². The molecule has 0 N–H and O–H groups in total. The summed E-state index contributed by atoms with van der Waals surface area (Å²) in [7, 11) is 0. The number of hydrogen-bond donors (Lipinski definition) is 0. The summed E-state index contributed by atoms with van der Waals surface area (Å²) in [6, 6.07) is 8.56. The summed E-state index contributed by atoms with van der Waals surface area (Å²) in [5.41, 5.74) is 0.625. The number of nitro benzene ring substituents is 1. The van der Waals surface area contributed by atoms with E-state index in [-0.39, 0.29) is 16.8 Å². The summed E-state index contributed by atoms with van der Waals surface area (Å²) in [6.45, 7) is 1.05. The van der Waals surface area contributed by atoms with E-state index in [1.165, 1.54) is 36.4 Å². The predicted molar refractivity (Wildman–Crippen MR) is 78.8 cm³/mol. The molecule has 0 unspecified atom stereocenters. The zero-order valence-electron chi connectivity index (χ0n) is 12.1. The van der Waals surface area contributed by atoms with E-state index in [1.807, 2.05) is 0 Å². The molecule has 0 aromatic heterocycles. The summed E-state index contributed by atoms with van der Waals surface area (Å²) in [5, 5.41) is 10.5. The summed E-state index contributed by atoms with van der Waals surface area (Å²) < 4.78 is 17.9. The molecule has 0 atom stereocenters. The Balaban J connectivity index is 2.00. The second-order valence-electron chi connectivity index (χ2n) is 4.76. The van der Waals surface area contributed by atoms with Crippen LogP contribution >= 0.6 is 0 Å². The van der Waals surface area contributed by atoms with Crippen molar-refractivity contribution in [2.24, 2.45) is 0 Å². The molecule has 23 heavy (non-hydrogen) atoms. The van der Waals surface area contributed by atoms with Crippen LogP contribution < -0.4 is 0 Å². The molecule has 7 heteroatoms. The average Bonchev–Trinajstić information content (AvgIpc) is 2.52. The minimum atomic E-state index is -0.738. The van der Waals surface area contributed by atoms with Crippen molar-refractivity contribution in [3.8, 4) is 0 Å². The van der Waals surface area contributed by atoms with Crippen LogP contribution in [0.15, 0.2) is 42.5 Å². The van der Waals surface area contributed by atoms with E-state index in [4.69, 9.17) is 4.74 Å². The van der Waals surface area contributed by atoms with Crippen LogP contribution in [0.4, 0.5) is 10.1 Å². The van der Waals surface area contributed by atoms with E-state index in [1.54, 1.807) is 6.92 Å². The van der Waals surface area contributed by atoms with Crippen molar-refractivity contribution in [3.05, 3.63) is 75.1 Å².